The number of hydrogen-bond donors (Lipinski definition) is 2. The molecule has 0 atom stereocenters. The Kier molecular flexibility index (Phi) is 4.61. The Labute approximate surface area is 139 Å². The number of nitrogens with one attached hydrogen (secondary N) is 1. The zero-order valence-electron chi connectivity index (χ0n) is 13.2. The second-order valence-electron chi connectivity index (χ2n) is 5.75. The minimum atomic E-state index is -0.502. The molecule has 24 heavy (non-hydrogen) atoms. The molecule has 3 amide bonds. The van der Waals surface area contributed by atoms with Gasteiger partial charge < -0.3 is 15.3 Å². The van der Waals surface area contributed by atoms with Gasteiger partial charge in [-0.15, -0.1) is 0 Å². The molecule has 126 valence electrons. The summed E-state index contributed by atoms with van der Waals surface area (Å²) in [5.74, 6) is -1.06. The van der Waals surface area contributed by atoms with Gasteiger partial charge in [-0.1, -0.05) is 12.1 Å². The number of carbonyl (C=O) groups is 3. The van der Waals surface area contributed by atoms with Crippen molar-refractivity contribution < 1.29 is 19.5 Å². The molecule has 7 heteroatoms. The van der Waals surface area contributed by atoms with Crippen LogP contribution in [-0.4, -0.2) is 58.9 Å². The van der Waals surface area contributed by atoms with Crippen LogP contribution in [0.25, 0.3) is 0 Å². The zero-order valence-corrected chi connectivity index (χ0v) is 13.2. The number of para-hydroxylation sites is 1. The first-order valence-electron chi connectivity index (χ1n) is 7.95. The Morgan fingerprint density at radius 2 is 1.88 bits per heavy atom. The molecule has 1 saturated heterocycles. The summed E-state index contributed by atoms with van der Waals surface area (Å²) in [6, 6.07) is 6.94. The third-order valence-corrected chi connectivity index (χ3v) is 4.15. The highest BCUT2D eigenvalue weighted by molar-refractivity contribution is 6.17. The minimum absolute atomic E-state index is 0.0479. The van der Waals surface area contributed by atoms with Crippen molar-refractivity contribution in [1.82, 2.24) is 9.80 Å². The van der Waals surface area contributed by atoms with E-state index >= 15 is 0 Å². The normalized spacial score (nSPS) is 17.5. The first-order chi connectivity index (χ1) is 11.6. The van der Waals surface area contributed by atoms with E-state index < -0.39 is 11.8 Å². The third-order valence-electron chi connectivity index (χ3n) is 4.15. The minimum Gasteiger partial charge on any atom is -0.395 e. The van der Waals surface area contributed by atoms with E-state index in [1.54, 1.807) is 29.2 Å². The van der Waals surface area contributed by atoms with Gasteiger partial charge in [0.2, 0.25) is 0 Å². The lowest BCUT2D eigenvalue weighted by Crippen LogP contribution is -2.34. The molecule has 2 aliphatic rings. The number of anilines is 1. The van der Waals surface area contributed by atoms with Crippen molar-refractivity contribution in [2.24, 2.45) is 0 Å². The number of rotatable bonds is 5. The van der Waals surface area contributed by atoms with Crippen LogP contribution in [0, 0.1) is 0 Å². The number of benzene rings is 1. The molecule has 0 spiro atoms. The van der Waals surface area contributed by atoms with E-state index in [2.05, 4.69) is 5.32 Å². The molecule has 0 radical (unpaired) electrons. The maximum atomic E-state index is 12.6. The number of aliphatic hydroxyl groups excluding tert-OH is 1. The van der Waals surface area contributed by atoms with E-state index in [1.807, 2.05) is 0 Å². The van der Waals surface area contributed by atoms with Crippen molar-refractivity contribution in [3.05, 3.63) is 41.6 Å². The number of nitrogens with zero attached hydrogens (tertiary/aromatic N) is 2. The van der Waals surface area contributed by atoms with Crippen LogP contribution in [0.1, 0.15) is 23.2 Å². The summed E-state index contributed by atoms with van der Waals surface area (Å²) in [6.07, 6.45) is 3.18. The van der Waals surface area contributed by atoms with Gasteiger partial charge in [-0.3, -0.25) is 19.3 Å². The highest BCUT2D eigenvalue weighted by atomic mass is 16.3. The molecule has 1 fully saturated rings. The Balaban J connectivity index is 1.81. The molecule has 2 N–H and O–H groups in total. The first-order valence-corrected chi connectivity index (χ1v) is 7.95. The third kappa shape index (κ3) is 3.03. The van der Waals surface area contributed by atoms with E-state index in [9.17, 15) is 14.4 Å². The summed E-state index contributed by atoms with van der Waals surface area (Å²) in [5.41, 5.74) is 1.07. The van der Waals surface area contributed by atoms with E-state index in [1.165, 1.54) is 6.08 Å². The summed E-state index contributed by atoms with van der Waals surface area (Å²) in [6.45, 7) is 1.13. The molecule has 1 aromatic rings. The van der Waals surface area contributed by atoms with Gasteiger partial charge in [0.25, 0.3) is 17.7 Å². The van der Waals surface area contributed by atoms with Crippen LogP contribution < -0.4 is 5.32 Å². The topological polar surface area (TPSA) is 90.0 Å². The van der Waals surface area contributed by atoms with Gasteiger partial charge in [0, 0.05) is 19.2 Å². The molecule has 0 aliphatic carbocycles. The van der Waals surface area contributed by atoms with Crippen LogP contribution in [0.15, 0.2) is 36.0 Å². The predicted molar refractivity (Wildman–Crippen MR) is 87.1 cm³/mol. The van der Waals surface area contributed by atoms with Crippen molar-refractivity contribution >= 4 is 23.4 Å². The van der Waals surface area contributed by atoms with Crippen LogP contribution in [-0.2, 0) is 9.59 Å². The number of amides is 3. The van der Waals surface area contributed by atoms with Crippen molar-refractivity contribution in [3.8, 4) is 0 Å². The summed E-state index contributed by atoms with van der Waals surface area (Å²) in [5, 5.41) is 11.8. The van der Waals surface area contributed by atoms with Crippen molar-refractivity contribution in [1.29, 1.82) is 0 Å². The Morgan fingerprint density at radius 1 is 1.17 bits per heavy atom. The molecule has 7 nitrogen and oxygen atoms in total. The zero-order chi connectivity index (χ0) is 17.1. The van der Waals surface area contributed by atoms with E-state index in [0.717, 1.165) is 30.8 Å². The number of hydrogen-bond acceptors (Lipinski definition) is 5. The van der Waals surface area contributed by atoms with Crippen LogP contribution in [0.5, 0.6) is 0 Å². The van der Waals surface area contributed by atoms with Gasteiger partial charge in [-0.2, -0.15) is 0 Å². The molecule has 1 aromatic carbocycles. The van der Waals surface area contributed by atoms with Crippen molar-refractivity contribution in [3.63, 3.8) is 0 Å². The maximum absolute atomic E-state index is 12.6. The van der Waals surface area contributed by atoms with E-state index in [4.69, 9.17) is 5.11 Å². The lowest BCUT2D eigenvalue weighted by atomic mass is 10.1. The lowest BCUT2D eigenvalue weighted by molar-refractivity contribution is -0.137. The number of likely N-dealkylation sites (tertiary alicyclic amines) is 1. The molecule has 2 heterocycles. The lowest BCUT2D eigenvalue weighted by Gasteiger charge is -2.19. The largest absolute Gasteiger partial charge is 0.395 e. The van der Waals surface area contributed by atoms with Gasteiger partial charge in [-0.25, -0.2) is 0 Å². The van der Waals surface area contributed by atoms with Gasteiger partial charge in [0.05, 0.1) is 24.4 Å². The Morgan fingerprint density at radius 3 is 2.58 bits per heavy atom. The summed E-state index contributed by atoms with van der Waals surface area (Å²) >= 11 is 0. The van der Waals surface area contributed by atoms with Gasteiger partial charge >= 0.3 is 0 Å². The van der Waals surface area contributed by atoms with Gasteiger partial charge in [0.1, 0.15) is 5.70 Å². The highest BCUT2D eigenvalue weighted by Gasteiger charge is 2.31. The maximum Gasteiger partial charge on any atom is 0.277 e. The molecule has 0 unspecified atom stereocenters. The van der Waals surface area contributed by atoms with Gasteiger partial charge in [-0.05, 0) is 25.0 Å². The molecular weight excluding hydrogens is 310 g/mol. The second kappa shape index (κ2) is 6.84. The second-order valence-corrected chi connectivity index (χ2v) is 5.75. The number of carbonyl (C=O) groups excluding carboxylic acids is 3. The Hall–Kier alpha value is -2.67. The SMILES string of the molecule is O=C(c1ccccc1NC1=CC(=O)N(CCO)C1=O)N1CCCC1. The molecule has 2 aliphatic heterocycles. The number of aliphatic hydroxyl groups is 1. The van der Waals surface area contributed by atoms with E-state index in [0.29, 0.717) is 11.3 Å². The van der Waals surface area contributed by atoms with E-state index in [-0.39, 0.29) is 24.8 Å². The van der Waals surface area contributed by atoms with Crippen molar-refractivity contribution in [2.45, 2.75) is 12.8 Å². The first kappa shape index (κ1) is 16.2. The average Bonchev–Trinajstić information content (AvgIpc) is 3.20. The quantitative estimate of drug-likeness (QED) is 0.771. The summed E-state index contributed by atoms with van der Waals surface area (Å²) in [7, 11) is 0. The Bertz CT molecular complexity index is 708. The van der Waals surface area contributed by atoms with Crippen LogP contribution in [0.3, 0.4) is 0 Å². The fourth-order valence-corrected chi connectivity index (χ4v) is 2.92. The molecule has 0 aromatic heterocycles. The molecule has 0 bridgehead atoms. The molecule has 0 saturated carbocycles. The summed E-state index contributed by atoms with van der Waals surface area (Å²) in [4.78, 5) is 39.4. The van der Waals surface area contributed by atoms with Gasteiger partial charge in [0.15, 0.2) is 0 Å². The van der Waals surface area contributed by atoms with Crippen LogP contribution >= 0.6 is 0 Å². The van der Waals surface area contributed by atoms with Crippen LogP contribution in [0.2, 0.25) is 0 Å². The fourth-order valence-electron chi connectivity index (χ4n) is 2.92. The predicted octanol–water partition coefficient (Wildman–Crippen LogP) is 0.579. The van der Waals surface area contributed by atoms with Crippen molar-refractivity contribution in [2.75, 3.05) is 31.6 Å². The molecular formula is C17H19N3O4. The number of imide groups is 1. The highest BCUT2D eigenvalue weighted by Crippen LogP contribution is 2.23. The fraction of sp³-hybridized carbons (Fsp3) is 0.353. The summed E-state index contributed by atoms with van der Waals surface area (Å²) < 4.78 is 0. The monoisotopic (exact) mass is 329 g/mol. The smallest absolute Gasteiger partial charge is 0.277 e. The van der Waals surface area contributed by atoms with Crippen LogP contribution in [0.4, 0.5) is 5.69 Å². The molecule has 3 rings (SSSR count). The number of β-amino-alcohol motifs (C(OH)–C–C–N with tert-alkyl or cyclic N) is 1. The average molecular weight is 329 g/mol. The standard InChI is InChI=1S/C17H19N3O4/c21-10-9-20-15(22)11-14(17(20)24)18-13-6-2-1-5-12(13)16(23)19-7-3-4-8-19/h1-2,5-6,11,18,21H,3-4,7-10H2.